The molecule has 1 heterocycles. The second-order valence-corrected chi connectivity index (χ2v) is 6.23. The third-order valence-corrected chi connectivity index (χ3v) is 4.49. The fraction of sp³-hybridized carbons (Fsp3) is 0.294. The first-order chi connectivity index (χ1) is 10.1. The van der Waals surface area contributed by atoms with Crippen LogP contribution in [0.4, 0.5) is 0 Å². The van der Waals surface area contributed by atoms with Gasteiger partial charge in [0.1, 0.15) is 5.75 Å². The number of rotatable bonds is 3. The van der Waals surface area contributed by atoms with Crippen molar-refractivity contribution >= 4 is 23.2 Å². The Bertz CT molecular complexity index is 642. The maximum atomic E-state index is 10.5. The van der Waals surface area contributed by atoms with Crippen molar-refractivity contribution in [3.8, 4) is 5.75 Å². The van der Waals surface area contributed by atoms with E-state index in [-0.39, 0.29) is 5.92 Å². The van der Waals surface area contributed by atoms with Gasteiger partial charge in [0.25, 0.3) is 0 Å². The molecule has 110 valence electrons. The second kappa shape index (κ2) is 6.27. The minimum Gasteiger partial charge on any atom is -0.493 e. The Morgan fingerprint density at radius 3 is 2.86 bits per heavy atom. The molecule has 21 heavy (non-hydrogen) atoms. The van der Waals surface area contributed by atoms with Crippen molar-refractivity contribution in [1.82, 2.24) is 0 Å². The van der Waals surface area contributed by atoms with Gasteiger partial charge in [-0.1, -0.05) is 41.4 Å². The molecule has 2 aromatic rings. The van der Waals surface area contributed by atoms with Crippen molar-refractivity contribution in [1.29, 1.82) is 0 Å². The van der Waals surface area contributed by atoms with E-state index >= 15 is 0 Å². The highest BCUT2D eigenvalue weighted by molar-refractivity contribution is 6.33. The molecule has 2 unspecified atom stereocenters. The Hall–Kier alpha value is -1.22. The molecule has 3 rings (SSSR count). The maximum Gasteiger partial charge on any atom is 0.122 e. The summed E-state index contributed by atoms with van der Waals surface area (Å²) >= 11 is 12.1. The highest BCUT2D eigenvalue weighted by atomic mass is 35.5. The fourth-order valence-electron chi connectivity index (χ4n) is 2.69. The van der Waals surface area contributed by atoms with E-state index in [0.717, 1.165) is 23.3 Å². The van der Waals surface area contributed by atoms with Gasteiger partial charge in [0, 0.05) is 22.4 Å². The molecule has 4 heteroatoms. The van der Waals surface area contributed by atoms with Gasteiger partial charge in [-0.2, -0.15) is 0 Å². The van der Waals surface area contributed by atoms with Gasteiger partial charge in [-0.15, -0.1) is 0 Å². The van der Waals surface area contributed by atoms with E-state index in [1.165, 1.54) is 0 Å². The molecular weight excluding hydrogens is 307 g/mol. The summed E-state index contributed by atoms with van der Waals surface area (Å²) < 4.78 is 5.73. The molecule has 1 aliphatic heterocycles. The quantitative estimate of drug-likeness (QED) is 0.919. The number of aliphatic hydroxyl groups excluding tert-OH is 1. The van der Waals surface area contributed by atoms with Crippen molar-refractivity contribution in [3.05, 3.63) is 63.6 Å². The molecule has 0 saturated heterocycles. The van der Waals surface area contributed by atoms with Gasteiger partial charge in [-0.3, -0.25) is 0 Å². The molecule has 0 amide bonds. The molecule has 0 bridgehead atoms. The summed E-state index contributed by atoms with van der Waals surface area (Å²) in [6.07, 6.45) is 0.791. The molecular formula is C17H16Cl2O2. The predicted molar refractivity (Wildman–Crippen MR) is 85.3 cm³/mol. The van der Waals surface area contributed by atoms with Crippen molar-refractivity contribution < 1.29 is 9.84 Å². The fourth-order valence-corrected chi connectivity index (χ4v) is 3.08. The summed E-state index contributed by atoms with van der Waals surface area (Å²) in [4.78, 5) is 0. The number of aliphatic hydroxyl groups is 1. The van der Waals surface area contributed by atoms with E-state index < -0.39 is 6.10 Å². The molecule has 1 aliphatic rings. The summed E-state index contributed by atoms with van der Waals surface area (Å²) in [5.41, 5.74) is 2.01. The smallest absolute Gasteiger partial charge is 0.122 e. The van der Waals surface area contributed by atoms with Crippen LogP contribution in [-0.2, 0) is 12.8 Å². The van der Waals surface area contributed by atoms with Crippen LogP contribution in [-0.4, -0.2) is 17.8 Å². The average molecular weight is 323 g/mol. The molecule has 0 aliphatic carbocycles. The summed E-state index contributed by atoms with van der Waals surface area (Å²) in [5, 5.41) is 11.8. The standard InChI is InChI=1S/C17H16Cl2O2/c18-14-5-6-15(19)12(8-14)9-16(20)13-7-11-3-1-2-4-17(11)21-10-13/h1-6,8,13,16,20H,7,9-10H2. The number of para-hydroxylation sites is 1. The van der Waals surface area contributed by atoms with Gasteiger partial charge in [0.2, 0.25) is 0 Å². The van der Waals surface area contributed by atoms with Crippen LogP contribution in [0.15, 0.2) is 42.5 Å². The van der Waals surface area contributed by atoms with Gasteiger partial charge in [0.15, 0.2) is 0 Å². The van der Waals surface area contributed by atoms with Gasteiger partial charge >= 0.3 is 0 Å². The van der Waals surface area contributed by atoms with Gasteiger partial charge in [-0.25, -0.2) is 0 Å². The van der Waals surface area contributed by atoms with Crippen LogP contribution in [0, 0.1) is 5.92 Å². The lowest BCUT2D eigenvalue weighted by Gasteiger charge is -2.29. The molecule has 0 saturated carbocycles. The highest BCUT2D eigenvalue weighted by Crippen LogP contribution is 2.30. The van der Waals surface area contributed by atoms with Gasteiger partial charge in [-0.05, 0) is 41.8 Å². The zero-order chi connectivity index (χ0) is 14.8. The normalized spacial score (nSPS) is 18.7. The number of ether oxygens (including phenoxy) is 1. The van der Waals surface area contributed by atoms with Crippen LogP contribution in [0.25, 0.3) is 0 Å². The van der Waals surface area contributed by atoms with E-state index in [9.17, 15) is 5.11 Å². The average Bonchev–Trinajstić information content (AvgIpc) is 2.50. The Labute approximate surface area is 134 Å². The van der Waals surface area contributed by atoms with Crippen molar-refractivity contribution in [2.24, 2.45) is 5.92 Å². The Morgan fingerprint density at radius 1 is 1.19 bits per heavy atom. The number of halogens is 2. The lowest BCUT2D eigenvalue weighted by molar-refractivity contribution is 0.0653. The Kier molecular flexibility index (Phi) is 4.39. The monoisotopic (exact) mass is 322 g/mol. The summed E-state index contributed by atoms with van der Waals surface area (Å²) in [7, 11) is 0. The van der Waals surface area contributed by atoms with Crippen LogP contribution in [0.3, 0.4) is 0 Å². The van der Waals surface area contributed by atoms with Crippen LogP contribution < -0.4 is 4.74 Å². The van der Waals surface area contributed by atoms with E-state index in [1.807, 2.05) is 30.3 Å². The largest absolute Gasteiger partial charge is 0.493 e. The number of benzene rings is 2. The third-order valence-electron chi connectivity index (χ3n) is 3.89. The number of fused-ring (bicyclic) bond motifs is 1. The summed E-state index contributed by atoms with van der Waals surface area (Å²) in [6.45, 7) is 0.524. The molecule has 0 fully saturated rings. The lowest BCUT2D eigenvalue weighted by atomic mass is 9.89. The molecule has 2 atom stereocenters. The summed E-state index contributed by atoms with van der Waals surface area (Å²) in [5.74, 6) is 0.983. The topological polar surface area (TPSA) is 29.5 Å². The zero-order valence-electron chi connectivity index (χ0n) is 11.4. The van der Waals surface area contributed by atoms with E-state index in [2.05, 4.69) is 0 Å². The first-order valence-electron chi connectivity index (χ1n) is 6.96. The van der Waals surface area contributed by atoms with E-state index in [4.69, 9.17) is 27.9 Å². The molecule has 0 aromatic heterocycles. The zero-order valence-corrected chi connectivity index (χ0v) is 12.9. The number of hydrogen-bond acceptors (Lipinski definition) is 2. The first-order valence-corrected chi connectivity index (χ1v) is 7.72. The SMILES string of the molecule is OC(Cc1cc(Cl)ccc1Cl)C1COc2ccccc2C1. The van der Waals surface area contributed by atoms with Gasteiger partial charge in [0.05, 0.1) is 12.7 Å². The van der Waals surface area contributed by atoms with Crippen molar-refractivity contribution in [2.75, 3.05) is 6.61 Å². The van der Waals surface area contributed by atoms with Gasteiger partial charge < -0.3 is 9.84 Å². The molecule has 0 radical (unpaired) electrons. The molecule has 0 spiro atoms. The van der Waals surface area contributed by atoms with E-state index in [1.54, 1.807) is 12.1 Å². The second-order valence-electron chi connectivity index (χ2n) is 5.39. The Morgan fingerprint density at radius 2 is 2.00 bits per heavy atom. The molecule has 1 N–H and O–H groups in total. The third kappa shape index (κ3) is 3.34. The molecule has 2 aromatic carbocycles. The first kappa shape index (κ1) is 14.7. The minimum absolute atomic E-state index is 0.0648. The predicted octanol–water partition coefficient (Wildman–Crippen LogP) is 4.15. The minimum atomic E-state index is -0.505. The summed E-state index contributed by atoms with van der Waals surface area (Å²) in [6, 6.07) is 13.3. The maximum absolute atomic E-state index is 10.5. The van der Waals surface area contributed by atoms with Crippen LogP contribution in [0.2, 0.25) is 10.0 Å². The van der Waals surface area contributed by atoms with Crippen molar-refractivity contribution in [2.45, 2.75) is 18.9 Å². The van der Waals surface area contributed by atoms with Crippen LogP contribution in [0.5, 0.6) is 5.75 Å². The number of hydrogen-bond donors (Lipinski definition) is 1. The molecule has 2 nitrogen and oxygen atoms in total. The Balaban J connectivity index is 1.72. The van der Waals surface area contributed by atoms with E-state index in [0.29, 0.717) is 23.1 Å². The lowest BCUT2D eigenvalue weighted by Crippen LogP contribution is -2.33. The van der Waals surface area contributed by atoms with Crippen LogP contribution in [0.1, 0.15) is 11.1 Å². The van der Waals surface area contributed by atoms with Crippen molar-refractivity contribution in [3.63, 3.8) is 0 Å². The van der Waals surface area contributed by atoms with Crippen LogP contribution >= 0.6 is 23.2 Å². The highest BCUT2D eigenvalue weighted by Gasteiger charge is 2.26.